The van der Waals surface area contributed by atoms with Crippen LogP contribution in [0.25, 0.3) is 11.0 Å². The lowest BCUT2D eigenvalue weighted by Gasteiger charge is -2.39. The number of carbonyl (C=O) groups is 1. The molecule has 1 aliphatic heterocycles. The summed E-state index contributed by atoms with van der Waals surface area (Å²) in [4.78, 5) is 20.9. The van der Waals surface area contributed by atoms with E-state index in [0.29, 0.717) is 39.4 Å². The van der Waals surface area contributed by atoms with E-state index in [0.717, 1.165) is 0 Å². The molecule has 0 bridgehead atoms. The van der Waals surface area contributed by atoms with Gasteiger partial charge in [-0.15, -0.1) is 0 Å². The number of fused-ring (bicyclic) bond motifs is 1. The number of amides is 1. The van der Waals surface area contributed by atoms with E-state index < -0.39 is 6.09 Å². The topological polar surface area (TPSA) is 143 Å². The van der Waals surface area contributed by atoms with E-state index in [4.69, 9.17) is 22.1 Å². The van der Waals surface area contributed by atoms with Gasteiger partial charge >= 0.3 is 6.09 Å². The van der Waals surface area contributed by atoms with Crippen LogP contribution >= 0.6 is 11.6 Å². The van der Waals surface area contributed by atoms with Gasteiger partial charge in [0, 0.05) is 30.1 Å². The van der Waals surface area contributed by atoms with Gasteiger partial charge in [-0.05, 0) is 19.9 Å². The van der Waals surface area contributed by atoms with Crippen molar-refractivity contribution in [2.75, 3.05) is 25.9 Å². The number of nitrogen functional groups attached to an aromatic ring is 1. The van der Waals surface area contributed by atoms with Gasteiger partial charge in [0.25, 0.3) is 0 Å². The highest BCUT2D eigenvalue weighted by Gasteiger charge is 2.37. The minimum Gasteiger partial charge on any atom is -0.496 e. The number of nitriles is 1. The van der Waals surface area contributed by atoms with E-state index in [9.17, 15) is 15.2 Å². The molecule has 1 aliphatic rings. The van der Waals surface area contributed by atoms with Crippen LogP contribution in [0.15, 0.2) is 12.4 Å². The molecule has 0 radical (unpaired) electrons. The predicted molar refractivity (Wildman–Crippen MR) is 113 cm³/mol. The van der Waals surface area contributed by atoms with E-state index in [1.165, 1.54) is 18.3 Å². The molecule has 10 nitrogen and oxygen atoms in total. The highest BCUT2D eigenvalue weighted by Crippen LogP contribution is 2.44. The maximum atomic E-state index is 11.2. The van der Waals surface area contributed by atoms with Crippen molar-refractivity contribution in [3.8, 4) is 11.8 Å². The van der Waals surface area contributed by atoms with Gasteiger partial charge in [0.1, 0.15) is 24.0 Å². The Morgan fingerprint density at radius 2 is 2.16 bits per heavy atom. The SMILES string of the molecule is COc1c(C(C)n2nc(C)c3c(N)ncnc32)cc(Cl)c(C#N)c1C1CN(C(=O)O)C1. The van der Waals surface area contributed by atoms with E-state index >= 15 is 0 Å². The third-order valence-corrected chi connectivity index (χ3v) is 5.98. The summed E-state index contributed by atoms with van der Waals surface area (Å²) in [6.07, 6.45) is 0.380. The number of likely N-dealkylation sites (tertiary alicyclic amines) is 1. The fourth-order valence-corrected chi connectivity index (χ4v) is 4.36. The van der Waals surface area contributed by atoms with Crippen LogP contribution in [0.1, 0.15) is 41.3 Å². The Labute approximate surface area is 182 Å². The second-order valence-electron chi connectivity index (χ2n) is 7.43. The largest absolute Gasteiger partial charge is 0.496 e. The molecule has 31 heavy (non-hydrogen) atoms. The van der Waals surface area contributed by atoms with E-state index in [1.807, 2.05) is 13.8 Å². The molecule has 0 spiro atoms. The number of hydrogen-bond donors (Lipinski definition) is 2. The fourth-order valence-electron chi connectivity index (χ4n) is 4.10. The van der Waals surface area contributed by atoms with Crippen molar-refractivity contribution in [2.45, 2.75) is 25.8 Å². The lowest BCUT2D eigenvalue weighted by Crippen LogP contribution is -2.48. The Kier molecular flexibility index (Phi) is 5.07. The minimum absolute atomic E-state index is 0.195. The molecule has 3 heterocycles. The van der Waals surface area contributed by atoms with Gasteiger partial charge < -0.3 is 20.5 Å². The quantitative estimate of drug-likeness (QED) is 0.628. The summed E-state index contributed by atoms with van der Waals surface area (Å²) >= 11 is 6.48. The Morgan fingerprint density at radius 3 is 2.77 bits per heavy atom. The van der Waals surface area contributed by atoms with E-state index in [1.54, 1.807) is 10.7 Å². The van der Waals surface area contributed by atoms with Gasteiger partial charge in [-0.2, -0.15) is 10.4 Å². The molecule has 3 N–H and O–H groups in total. The summed E-state index contributed by atoms with van der Waals surface area (Å²) in [5.41, 5.74) is 8.88. The second-order valence-corrected chi connectivity index (χ2v) is 7.84. The van der Waals surface area contributed by atoms with Crippen LogP contribution in [0.3, 0.4) is 0 Å². The second kappa shape index (κ2) is 7.59. The zero-order valence-corrected chi connectivity index (χ0v) is 17.9. The summed E-state index contributed by atoms with van der Waals surface area (Å²) in [7, 11) is 1.52. The van der Waals surface area contributed by atoms with Crippen LogP contribution in [0.2, 0.25) is 5.02 Å². The Bertz CT molecular complexity index is 1240. The summed E-state index contributed by atoms with van der Waals surface area (Å²) in [6, 6.07) is 3.47. The lowest BCUT2D eigenvalue weighted by molar-refractivity contribution is 0.104. The molecule has 160 valence electrons. The van der Waals surface area contributed by atoms with Crippen molar-refractivity contribution < 1.29 is 14.6 Å². The standard InChI is InChI=1S/C20H20ClN7O3/c1-9-15-18(23)24-8-25-19(15)28(26-9)10(2)12-4-14(21)13(5-22)16(17(12)31-3)11-6-27(7-11)20(29)30/h4,8,10-11H,6-7H2,1-3H3,(H,29,30)(H2,23,24,25). The number of halogens is 1. The van der Waals surface area contributed by atoms with Crippen LogP contribution < -0.4 is 10.5 Å². The molecular formula is C20H20ClN7O3. The summed E-state index contributed by atoms with van der Waals surface area (Å²) in [6.45, 7) is 4.28. The van der Waals surface area contributed by atoms with Gasteiger partial charge in [0.2, 0.25) is 0 Å². The number of anilines is 1. The van der Waals surface area contributed by atoms with Crippen molar-refractivity contribution in [3.05, 3.63) is 39.8 Å². The molecule has 2 aromatic heterocycles. The molecule has 1 amide bonds. The van der Waals surface area contributed by atoms with E-state index in [2.05, 4.69) is 21.1 Å². The number of aryl methyl sites for hydroxylation is 1. The molecule has 3 aromatic rings. The molecule has 1 aromatic carbocycles. The number of aromatic nitrogens is 4. The van der Waals surface area contributed by atoms with Crippen molar-refractivity contribution in [1.82, 2.24) is 24.6 Å². The van der Waals surface area contributed by atoms with Gasteiger partial charge in [0.05, 0.1) is 34.8 Å². The number of ether oxygens (including phenoxy) is 1. The number of methoxy groups -OCH3 is 1. The lowest BCUT2D eigenvalue weighted by atomic mass is 9.85. The smallest absolute Gasteiger partial charge is 0.407 e. The maximum Gasteiger partial charge on any atom is 0.407 e. The molecule has 1 atom stereocenters. The average Bonchev–Trinajstić information content (AvgIpc) is 3.03. The molecule has 4 rings (SSSR count). The summed E-state index contributed by atoms with van der Waals surface area (Å²) in [5, 5.41) is 24.5. The van der Waals surface area contributed by atoms with Crippen LogP contribution in [-0.2, 0) is 0 Å². The first-order valence-corrected chi connectivity index (χ1v) is 9.89. The van der Waals surface area contributed by atoms with Crippen molar-refractivity contribution in [3.63, 3.8) is 0 Å². The molecule has 11 heteroatoms. The number of nitrogens with zero attached hydrogens (tertiary/aromatic N) is 6. The van der Waals surface area contributed by atoms with Gasteiger partial charge in [-0.1, -0.05) is 11.6 Å². The first-order chi connectivity index (χ1) is 14.8. The van der Waals surface area contributed by atoms with Crippen LogP contribution in [0.5, 0.6) is 5.75 Å². The van der Waals surface area contributed by atoms with Crippen LogP contribution in [0.4, 0.5) is 10.6 Å². The van der Waals surface area contributed by atoms with Gasteiger partial charge in [0.15, 0.2) is 5.65 Å². The Balaban J connectivity index is 1.87. The zero-order chi connectivity index (χ0) is 22.4. The Hall–Kier alpha value is -3.58. The summed E-state index contributed by atoms with van der Waals surface area (Å²) < 4.78 is 7.46. The monoisotopic (exact) mass is 441 g/mol. The summed E-state index contributed by atoms with van der Waals surface area (Å²) in [5.74, 6) is 0.640. The third-order valence-electron chi connectivity index (χ3n) is 5.68. The van der Waals surface area contributed by atoms with Gasteiger partial charge in [-0.25, -0.2) is 19.4 Å². The number of hydrogen-bond acceptors (Lipinski definition) is 7. The number of rotatable bonds is 4. The predicted octanol–water partition coefficient (Wildman–Crippen LogP) is 2.94. The highest BCUT2D eigenvalue weighted by molar-refractivity contribution is 6.32. The van der Waals surface area contributed by atoms with Crippen molar-refractivity contribution in [1.29, 1.82) is 5.26 Å². The number of benzene rings is 1. The van der Waals surface area contributed by atoms with E-state index in [-0.39, 0.29) is 35.6 Å². The van der Waals surface area contributed by atoms with Gasteiger partial charge in [-0.3, -0.25) is 0 Å². The highest BCUT2D eigenvalue weighted by atomic mass is 35.5. The van der Waals surface area contributed by atoms with Crippen LogP contribution in [0, 0.1) is 18.3 Å². The first-order valence-electron chi connectivity index (χ1n) is 9.52. The zero-order valence-electron chi connectivity index (χ0n) is 17.1. The molecule has 0 aliphatic carbocycles. The first kappa shape index (κ1) is 20.7. The normalized spacial score (nSPS) is 14.9. The molecule has 1 fully saturated rings. The molecular weight excluding hydrogens is 422 g/mol. The van der Waals surface area contributed by atoms with Crippen molar-refractivity contribution in [2.24, 2.45) is 0 Å². The minimum atomic E-state index is -1.000. The fraction of sp³-hybridized carbons (Fsp3) is 0.350. The number of carboxylic acid groups (broad SMARTS) is 1. The van der Waals surface area contributed by atoms with Crippen LogP contribution in [-0.4, -0.2) is 56.0 Å². The molecule has 1 unspecified atom stereocenters. The molecule has 1 saturated heterocycles. The third kappa shape index (κ3) is 3.18. The average molecular weight is 442 g/mol. The number of nitrogens with two attached hydrogens (primary N) is 1. The Morgan fingerprint density at radius 1 is 1.45 bits per heavy atom. The van der Waals surface area contributed by atoms with Crippen molar-refractivity contribution >= 4 is 34.5 Å². The maximum absolute atomic E-state index is 11.2. The molecule has 0 saturated carbocycles.